The molecule has 1 aliphatic rings. The van der Waals surface area contributed by atoms with Gasteiger partial charge in [-0.2, -0.15) is 13.2 Å². The minimum absolute atomic E-state index is 0.103. The van der Waals surface area contributed by atoms with E-state index < -0.39 is 18.8 Å². The molecule has 0 saturated heterocycles. The van der Waals surface area contributed by atoms with E-state index in [9.17, 15) is 18.0 Å². The first kappa shape index (κ1) is 16.1. The number of hydrogen-bond donors (Lipinski definition) is 1. The number of carboxylic acids is 1. The molecule has 10 heteroatoms. The third kappa shape index (κ3) is 5.20. The molecule has 1 N–H and O–H groups in total. The Hall–Kier alpha value is -1.29. The monoisotopic (exact) mass is 325 g/mol. The summed E-state index contributed by atoms with van der Waals surface area (Å²) < 4.78 is 42.3. The number of ether oxygens (including phenoxy) is 1. The number of aliphatic carboxylic acids is 1. The molecule has 0 unspecified atom stereocenters. The fraction of sp³-hybridized carbons (Fsp3) is 0.727. The van der Waals surface area contributed by atoms with Crippen LogP contribution in [0.5, 0.6) is 0 Å². The number of aromatic nitrogens is 3. The molecular weight excluding hydrogens is 311 g/mol. The van der Waals surface area contributed by atoms with Gasteiger partial charge in [0.05, 0.1) is 12.4 Å². The van der Waals surface area contributed by atoms with Crippen LogP contribution in [-0.2, 0) is 16.0 Å². The minimum atomic E-state index is -4.34. The highest BCUT2D eigenvalue weighted by Crippen LogP contribution is 2.38. The van der Waals surface area contributed by atoms with Crippen LogP contribution >= 0.6 is 11.8 Å². The SMILES string of the molecule is O=C(O)CSc1nnc(CCOCC(F)(F)F)n1C1CC1. The van der Waals surface area contributed by atoms with E-state index in [4.69, 9.17) is 5.11 Å². The zero-order chi connectivity index (χ0) is 15.5. The molecule has 1 aliphatic carbocycles. The van der Waals surface area contributed by atoms with Crippen LogP contribution < -0.4 is 0 Å². The Morgan fingerprint density at radius 3 is 2.71 bits per heavy atom. The first-order chi connectivity index (χ1) is 9.87. The summed E-state index contributed by atoms with van der Waals surface area (Å²) >= 11 is 1.06. The normalized spacial score (nSPS) is 15.4. The van der Waals surface area contributed by atoms with E-state index in [0.717, 1.165) is 24.6 Å². The van der Waals surface area contributed by atoms with Crippen molar-refractivity contribution >= 4 is 17.7 Å². The minimum Gasteiger partial charge on any atom is -0.481 e. The number of nitrogens with zero attached hydrogens (tertiary/aromatic N) is 3. The second-order valence-electron chi connectivity index (χ2n) is 4.60. The largest absolute Gasteiger partial charge is 0.481 e. The van der Waals surface area contributed by atoms with Crippen molar-refractivity contribution in [3.8, 4) is 0 Å². The number of thioether (sulfide) groups is 1. The van der Waals surface area contributed by atoms with Crippen molar-refractivity contribution in [1.29, 1.82) is 0 Å². The molecular formula is C11H14F3N3O3S. The number of carboxylic acid groups (broad SMARTS) is 1. The molecule has 0 bridgehead atoms. The Morgan fingerprint density at radius 2 is 2.14 bits per heavy atom. The summed E-state index contributed by atoms with van der Waals surface area (Å²) in [5, 5.41) is 17.0. The van der Waals surface area contributed by atoms with E-state index in [2.05, 4.69) is 14.9 Å². The third-order valence-corrected chi connectivity index (χ3v) is 3.64. The first-order valence-electron chi connectivity index (χ1n) is 6.29. The highest BCUT2D eigenvalue weighted by Gasteiger charge is 2.30. The zero-order valence-corrected chi connectivity index (χ0v) is 11.8. The molecule has 0 amide bonds. The van der Waals surface area contributed by atoms with Crippen LogP contribution in [0.15, 0.2) is 5.16 Å². The lowest BCUT2D eigenvalue weighted by atomic mass is 10.4. The smallest absolute Gasteiger partial charge is 0.411 e. The molecule has 21 heavy (non-hydrogen) atoms. The van der Waals surface area contributed by atoms with Gasteiger partial charge in [0, 0.05) is 12.5 Å². The van der Waals surface area contributed by atoms with Crippen LogP contribution in [0.25, 0.3) is 0 Å². The van der Waals surface area contributed by atoms with E-state index in [0.29, 0.717) is 11.0 Å². The van der Waals surface area contributed by atoms with Crippen LogP contribution in [0.3, 0.4) is 0 Å². The molecule has 1 aromatic heterocycles. The standard InChI is InChI=1S/C11H14F3N3O3S/c12-11(13,14)6-20-4-3-8-15-16-10(21-5-9(18)19)17(8)7-1-2-7/h7H,1-6H2,(H,18,19). The lowest BCUT2D eigenvalue weighted by Gasteiger charge is -2.09. The van der Waals surface area contributed by atoms with Crippen LogP contribution in [0.2, 0.25) is 0 Å². The fourth-order valence-electron chi connectivity index (χ4n) is 1.75. The van der Waals surface area contributed by atoms with Crippen molar-refractivity contribution in [3.63, 3.8) is 0 Å². The molecule has 6 nitrogen and oxygen atoms in total. The third-order valence-electron chi connectivity index (χ3n) is 2.71. The Kier molecular flexibility index (Phi) is 5.09. The van der Waals surface area contributed by atoms with Gasteiger partial charge in [-0.05, 0) is 12.8 Å². The second-order valence-corrected chi connectivity index (χ2v) is 5.54. The van der Waals surface area contributed by atoms with Crippen molar-refractivity contribution in [1.82, 2.24) is 14.8 Å². The van der Waals surface area contributed by atoms with Gasteiger partial charge >= 0.3 is 12.1 Å². The van der Waals surface area contributed by atoms with Crippen LogP contribution in [-0.4, -0.2) is 51.0 Å². The molecule has 1 saturated carbocycles. The summed E-state index contributed by atoms with van der Waals surface area (Å²) in [6, 6.07) is 0.217. The quantitative estimate of drug-likeness (QED) is 0.581. The van der Waals surface area contributed by atoms with Gasteiger partial charge in [0.1, 0.15) is 12.4 Å². The van der Waals surface area contributed by atoms with E-state index >= 15 is 0 Å². The maximum atomic E-state index is 12.0. The summed E-state index contributed by atoms with van der Waals surface area (Å²) in [4.78, 5) is 10.6. The van der Waals surface area contributed by atoms with Crippen LogP contribution in [0.1, 0.15) is 24.7 Å². The maximum absolute atomic E-state index is 12.0. The average Bonchev–Trinajstić information content (AvgIpc) is 3.13. The molecule has 2 rings (SSSR count). The van der Waals surface area contributed by atoms with E-state index in [1.807, 2.05) is 4.57 Å². The summed E-state index contributed by atoms with van der Waals surface area (Å²) in [5.41, 5.74) is 0. The Bertz CT molecular complexity index is 503. The molecule has 0 aromatic carbocycles. The van der Waals surface area contributed by atoms with Gasteiger partial charge in [0.2, 0.25) is 0 Å². The van der Waals surface area contributed by atoms with Crippen molar-refractivity contribution in [3.05, 3.63) is 5.82 Å². The zero-order valence-electron chi connectivity index (χ0n) is 11.0. The van der Waals surface area contributed by atoms with E-state index in [-0.39, 0.29) is 24.8 Å². The van der Waals surface area contributed by atoms with Crippen LogP contribution in [0.4, 0.5) is 13.2 Å². The van der Waals surface area contributed by atoms with Gasteiger partial charge in [0.15, 0.2) is 5.16 Å². The van der Waals surface area contributed by atoms with E-state index in [1.165, 1.54) is 0 Å². The molecule has 0 spiro atoms. The van der Waals surface area contributed by atoms with Gasteiger partial charge < -0.3 is 14.4 Å². The predicted molar refractivity (Wildman–Crippen MR) is 67.2 cm³/mol. The topological polar surface area (TPSA) is 77.2 Å². The van der Waals surface area contributed by atoms with Crippen molar-refractivity contribution in [2.45, 2.75) is 36.6 Å². The molecule has 1 fully saturated rings. The lowest BCUT2D eigenvalue weighted by molar-refractivity contribution is -0.173. The van der Waals surface area contributed by atoms with Crippen molar-refractivity contribution in [2.75, 3.05) is 19.0 Å². The van der Waals surface area contributed by atoms with Gasteiger partial charge in [-0.1, -0.05) is 11.8 Å². The first-order valence-corrected chi connectivity index (χ1v) is 7.28. The van der Waals surface area contributed by atoms with Gasteiger partial charge in [0.25, 0.3) is 0 Å². The van der Waals surface area contributed by atoms with Gasteiger partial charge in [-0.3, -0.25) is 4.79 Å². The number of alkyl halides is 3. The molecule has 1 heterocycles. The highest BCUT2D eigenvalue weighted by molar-refractivity contribution is 7.99. The Balaban J connectivity index is 1.91. The van der Waals surface area contributed by atoms with Gasteiger partial charge in [-0.15, -0.1) is 10.2 Å². The molecule has 118 valence electrons. The van der Waals surface area contributed by atoms with Crippen molar-refractivity contribution in [2.24, 2.45) is 0 Å². The number of rotatable bonds is 8. The highest BCUT2D eigenvalue weighted by atomic mass is 32.2. The Morgan fingerprint density at radius 1 is 1.43 bits per heavy atom. The summed E-state index contributed by atoms with van der Waals surface area (Å²) in [7, 11) is 0. The molecule has 0 radical (unpaired) electrons. The number of hydrogen-bond acceptors (Lipinski definition) is 5. The van der Waals surface area contributed by atoms with Crippen molar-refractivity contribution < 1.29 is 27.8 Å². The lowest BCUT2D eigenvalue weighted by Crippen LogP contribution is -2.18. The summed E-state index contributed by atoms with van der Waals surface area (Å²) in [6.45, 7) is -1.39. The molecule has 0 aliphatic heterocycles. The average molecular weight is 325 g/mol. The van der Waals surface area contributed by atoms with Gasteiger partial charge in [-0.25, -0.2) is 0 Å². The summed E-state index contributed by atoms with van der Waals surface area (Å²) in [6.07, 6.45) is -2.25. The number of carbonyl (C=O) groups is 1. The molecule has 1 aromatic rings. The summed E-state index contributed by atoms with van der Waals surface area (Å²) in [5.74, 6) is -0.553. The molecule has 0 atom stereocenters. The van der Waals surface area contributed by atoms with E-state index in [1.54, 1.807) is 0 Å². The second kappa shape index (κ2) is 6.65. The van der Waals surface area contributed by atoms with Crippen LogP contribution in [0, 0.1) is 0 Å². The predicted octanol–water partition coefficient (Wildman–Crippen LogP) is 1.91. The fourth-order valence-corrected chi connectivity index (χ4v) is 2.50. The number of halogens is 3. The maximum Gasteiger partial charge on any atom is 0.411 e. The Labute approximate surface area is 122 Å².